The molecule has 2 heteroatoms. The third-order valence-corrected chi connectivity index (χ3v) is 4.08. The fourth-order valence-electron chi connectivity index (χ4n) is 2.85. The number of nitriles is 1. The monoisotopic (exact) mass is 267 g/mol. The molecule has 0 saturated heterocycles. The average molecular weight is 268 g/mol. The van der Waals surface area contributed by atoms with E-state index in [4.69, 9.17) is 16.9 Å². The molecule has 2 aromatic carbocycles. The van der Waals surface area contributed by atoms with Gasteiger partial charge in [-0.05, 0) is 53.6 Å². The Balaban J connectivity index is 1.93. The Hall–Kier alpha value is -1.78. The first-order valence-electron chi connectivity index (χ1n) is 6.52. The maximum absolute atomic E-state index is 9.16. The minimum atomic E-state index is 0.0835. The Morgan fingerprint density at radius 3 is 2.68 bits per heavy atom. The summed E-state index contributed by atoms with van der Waals surface area (Å²) in [7, 11) is 0. The first kappa shape index (κ1) is 12.3. The van der Waals surface area contributed by atoms with Crippen molar-refractivity contribution < 1.29 is 0 Å². The molecule has 0 saturated carbocycles. The Morgan fingerprint density at radius 1 is 1.16 bits per heavy atom. The van der Waals surface area contributed by atoms with Crippen LogP contribution in [0.25, 0.3) is 0 Å². The van der Waals surface area contributed by atoms with Crippen LogP contribution < -0.4 is 0 Å². The molecule has 19 heavy (non-hydrogen) atoms. The van der Waals surface area contributed by atoms with Crippen LogP contribution in [0.3, 0.4) is 0 Å². The van der Waals surface area contributed by atoms with Crippen molar-refractivity contribution in [1.82, 2.24) is 0 Å². The third kappa shape index (κ3) is 2.37. The van der Waals surface area contributed by atoms with Crippen molar-refractivity contribution in [2.24, 2.45) is 0 Å². The number of hydrogen-bond acceptors (Lipinski definition) is 1. The number of halogens is 1. The Bertz CT molecular complexity index is 637. The molecule has 0 bridgehead atoms. The predicted molar refractivity (Wildman–Crippen MR) is 77.4 cm³/mol. The molecular weight excluding hydrogens is 254 g/mol. The smallest absolute Gasteiger partial charge is 0.0718 e. The molecular formula is C17H14ClN. The lowest BCUT2D eigenvalue weighted by Crippen LogP contribution is -1.95. The molecule has 1 aliphatic carbocycles. The van der Waals surface area contributed by atoms with Gasteiger partial charge >= 0.3 is 0 Å². The van der Waals surface area contributed by atoms with Gasteiger partial charge in [0.25, 0.3) is 0 Å². The molecule has 1 unspecified atom stereocenters. The summed E-state index contributed by atoms with van der Waals surface area (Å²) in [4.78, 5) is 0. The van der Waals surface area contributed by atoms with Gasteiger partial charge in [-0.1, -0.05) is 41.9 Å². The van der Waals surface area contributed by atoms with E-state index in [1.165, 1.54) is 22.3 Å². The highest BCUT2D eigenvalue weighted by atomic mass is 35.5. The second-order valence-electron chi connectivity index (χ2n) is 5.01. The van der Waals surface area contributed by atoms with Gasteiger partial charge < -0.3 is 0 Å². The molecule has 0 aromatic heterocycles. The van der Waals surface area contributed by atoms with Crippen LogP contribution in [0.5, 0.6) is 0 Å². The Morgan fingerprint density at radius 2 is 1.95 bits per heavy atom. The van der Waals surface area contributed by atoms with E-state index in [0.717, 1.165) is 24.3 Å². The molecule has 0 aliphatic heterocycles. The van der Waals surface area contributed by atoms with Gasteiger partial charge in [-0.2, -0.15) is 5.26 Å². The predicted octanol–water partition coefficient (Wildman–Crippen LogP) is 4.48. The number of hydrogen-bond donors (Lipinski definition) is 0. The summed E-state index contributed by atoms with van der Waals surface area (Å²) in [5, 5.41) is 9.93. The summed E-state index contributed by atoms with van der Waals surface area (Å²) >= 11 is 5.91. The average Bonchev–Trinajstić information content (AvgIpc) is 2.85. The maximum Gasteiger partial charge on any atom is 0.0718 e. The zero-order valence-corrected chi connectivity index (χ0v) is 11.3. The summed E-state index contributed by atoms with van der Waals surface area (Å²) in [6.07, 6.45) is 2.90. The fourth-order valence-corrected chi connectivity index (χ4v) is 2.98. The highest BCUT2D eigenvalue weighted by Crippen LogP contribution is 2.35. The van der Waals surface area contributed by atoms with Crippen molar-refractivity contribution >= 4 is 11.6 Å². The maximum atomic E-state index is 9.16. The van der Waals surface area contributed by atoms with Gasteiger partial charge in [0.1, 0.15) is 0 Å². The van der Waals surface area contributed by atoms with E-state index in [9.17, 15) is 0 Å². The van der Waals surface area contributed by atoms with Crippen molar-refractivity contribution in [3.05, 3.63) is 69.7 Å². The van der Waals surface area contributed by atoms with Gasteiger partial charge in [0, 0.05) is 5.02 Å². The van der Waals surface area contributed by atoms with Crippen LogP contribution in [0, 0.1) is 11.3 Å². The van der Waals surface area contributed by atoms with Gasteiger partial charge in [0.2, 0.25) is 0 Å². The second kappa shape index (κ2) is 5.07. The topological polar surface area (TPSA) is 23.8 Å². The van der Waals surface area contributed by atoms with Gasteiger partial charge in [-0.15, -0.1) is 0 Å². The summed E-state index contributed by atoms with van der Waals surface area (Å²) in [6.45, 7) is 0. The Kier molecular flexibility index (Phi) is 3.27. The lowest BCUT2D eigenvalue weighted by Gasteiger charge is -2.09. The van der Waals surface area contributed by atoms with Crippen LogP contribution in [-0.4, -0.2) is 0 Å². The van der Waals surface area contributed by atoms with Crippen molar-refractivity contribution in [3.63, 3.8) is 0 Å². The summed E-state index contributed by atoms with van der Waals surface area (Å²) < 4.78 is 0. The molecule has 0 radical (unpaired) electrons. The largest absolute Gasteiger partial charge is 0.198 e. The zero-order valence-electron chi connectivity index (χ0n) is 10.6. The highest BCUT2D eigenvalue weighted by molar-refractivity contribution is 6.30. The molecule has 0 amide bonds. The molecule has 0 spiro atoms. The molecule has 1 nitrogen and oxygen atoms in total. The van der Waals surface area contributed by atoms with E-state index in [1.807, 2.05) is 12.1 Å². The fraction of sp³-hybridized carbons (Fsp3) is 0.235. The summed E-state index contributed by atoms with van der Waals surface area (Å²) in [6, 6.07) is 16.7. The van der Waals surface area contributed by atoms with Gasteiger partial charge in [0.15, 0.2) is 0 Å². The number of benzene rings is 2. The summed E-state index contributed by atoms with van der Waals surface area (Å²) in [5.74, 6) is 0.0835. The van der Waals surface area contributed by atoms with Gasteiger partial charge in [-0.3, -0.25) is 0 Å². The minimum Gasteiger partial charge on any atom is -0.198 e. The van der Waals surface area contributed by atoms with E-state index in [-0.39, 0.29) is 5.92 Å². The normalized spacial score (nSPS) is 16.9. The SMILES string of the molecule is N#CC1CCc2c(Cc3ccc(Cl)cc3)cccc21. The molecule has 1 aliphatic rings. The van der Waals surface area contributed by atoms with Crippen LogP contribution >= 0.6 is 11.6 Å². The summed E-state index contributed by atoms with van der Waals surface area (Å²) in [5.41, 5.74) is 5.22. The minimum absolute atomic E-state index is 0.0835. The van der Waals surface area contributed by atoms with Crippen LogP contribution in [0.4, 0.5) is 0 Å². The van der Waals surface area contributed by atoms with Gasteiger partial charge in [-0.25, -0.2) is 0 Å². The Labute approximate surface area is 118 Å². The molecule has 1 atom stereocenters. The van der Waals surface area contributed by atoms with Crippen LogP contribution in [-0.2, 0) is 12.8 Å². The van der Waals surface area contributed by atoms with Crippen molar-refractivity contribution in [3.8, 4) is 6.07 Å². The first-order valence-corrected chi connectivity index (χ1v) is 6.90. The molecule has 94 valence electrons. The zero-order chi connectivity index (χ0) is 13.2. The van der Waals surface area contributed by atoms with E-state index >= 15 is 0 Å². The second-order valence-corrected chi connectivity index (χ2v) is 5.44. The van der Waals surface area contributed by atoms with E-state index in [0.29, 0.717) is 0 Å². The standard InChI is InChI=1S/C17H14ClN/c18-15-7-4-12(5-8-15)10-13-2-1-3-16-14(11-19)6-9-17(13)16/h1-5,7-8,14H,6,9-10H2. The molecule has 3 rings (SSSR count). The van der Waals surface area contributed by atoms with Crippen LogP contribution in [0.15, 0.2) is 42.5 Å². The highest BCUT2D eigenvalue weighted by Gasteiger charge is 2.23. The molecule has 0 heterocycles. The lowest BCUT2D eigenvalue weighted by atomic mass is 9.95. The van der Waals surface area contributed by atoms with Crippen LogP contribution in [0.1, 0.15) is 34.6 Å². The van der Waals surface area contributed by atoms with Crippen molar-refractivity contribution in [2.75, 3.05) is 0 Å². The lowest BCUT2D eigenvalue weighted by molar-refractivity contribution is 0.824. The molecule has 0 N–H and O–H groups in total. The van der Waals surface area contributed by atoms with Crippen LogP contribution in [0.2, 0.25) is 5.02 Å². The van der Waals surface area contributed by atoms with E-state index < -0.39 is 0 Å². The third-order valence-electron chi connectivity index (χ3n) is 3.83. The first-order chi connectivity index (χ1) is 9.28. The number of fused-ring (bicyclic) bond motifs is 1. The number of nitrogens with zero attached hydrogens (tertiary/aromatic N) is 1. The number of rotatable bonds is 2. The van der Waals surface area contributed by atoms with Gasteiger partial charge in [0.05, 0.1) is 12.0 Å². The van der Waals surface area contributed by atoms with E-state index in [2.05, 4.69) is 36.4 Å². The van der Waals surface area contributed by atoms with Crippen molar-refractivity contribution in [2.45, 2.75) is 25.2 Å². The molecule has 0 fully saturated rings. The van der Waals surface area contributed by atoms with E-state index in [1.54, 1.807) is 0 Å². The van der Waals surface area contributed by atoms with Crippen molar-refractivity contribution in [1.29, 1.82) is 5.26 Å². The quantitative estimate of drug-likeness (QED) is 0.787. The molecule has 2 aromatic rings.